The fourth-order valence-corrected chi connectivity index (χ4v) is 3.22. The molecule has 3 aromatic rings. The van der Waals surface area contributed by atoms with Crippen LogP contribution in [0.4, 0.5) is 0 Å². The second-order valence-corrected chi connectivity index (χ2v) is 5.92. The van der Waals surface area contributed by atoms with Crippen LogP contribution in [0.5, 0.6) is 0 Å². The van der Waals surface area contributed by atoms with Crippen molar-refractivity contribution < 1.29 is 0 Å². The van der Waals surface area contributed by atoms with Crippen LogP contribution in [0.25, 0.3) is 10.8 Å². The van der Waals surface area contributed by atoms with E-state index < -0.39 is 0 Å². The number of nitrogens with zero attached hydrogens (tertiary/aromatic N) is 1. The van der Waals surface area contributed by atoms with Gasteiger partial charge in [-0.2, -0.15) is 5.10 Å². The molecule has 0 saturated heterocycles. The van der Waals surface area contributed by atoms with Gasteiger partial charge in [-0.15, -0.1) is 0 Å². The normalized spacial score (nSPS) is 19.3. The Bertz CT molecular complexity index is 988. The molecule has 0 radical (unpaired) electrons. The number of nitrogens with one attached hydrogen (secondary N) is 2. The van der Waals surface area contributed by atoms with E-state index in [1.807, 2.05) is 60.8 Å². The summed E-state index contributed by atoms with van der Waals surface area (Å²) in [7, 11) is 0. The lowest BCUT2D eigenvalue weighted by Crippen LogP contribution is -2.41. The van der Waals surface area contributed by atoms with Gasteiger partial charge in [-0.1, -0.05) is 60.7 Å². The summed E-state index contributed by atoms with van der Waals surface area (Å²) in [5.41, 5.74) is 1.48. The van der Waals surface area contributed by atoms with Gasteiger partial charge in [-0.05, 0) is 23.9 Å². The van der Waals surface area contributed by atoms with Gasteiger partial charge in [0, 0.05) is 11.8 Å². The molecule has 0 fully saturated rings. The highest BCUT2D eigenvalue weighted by Crippen LogP contribution is 2.30. The summed E-state index contributed by atoms with van der Waals surface area (Å²) < 4.78 is 0. The van der Waals surface area contributed by atoms with Crippen molar-refractivity contribution in [2.45, 2.75) is 12.0 Å². The highest BCUT2D eigenvalue weighted by atomic mass is 16.1. The van der Waals surface area contributed by atoms with E-state index in [1.165, 1.54) is 0 Å². The van der Waals surface area contributed by atoms with Crippen LogP contribution in [0.3, 0.4) is 0 Å². The molecule has 2 heterocycles. The Morgan fingerprint density at radius 3 is 2.42 bits per heavy atom. The maximum atomic E-state index is 12.0. The number of benzene rings is 2. The van der Waals surface area contributed by atoms with Gasteiger partial charge in [-0.3, -0.25) is 4.79 Å². The summed E-state index contributed by atoms with van der Waals surface area (Å²) in [6, 6.07) is 17.9. The number of fused-ring (bicyclic) bond motifs is 1. The number of hydrogen-bond acceptors (Lipinski definition) is 3. The second kappa shape index (κ2) is 5.81. The molecule has 2 aromatic carbocycles. The molecule has 118 valence electrons. The van der Waals surface area contributed by atoms with Crippen LogP contribution in [-0.2, 0) is 12.0 Å². The lowest BCUT2D eigenvalue weighted by atomic mass is 9.83. The molecule has 0 aliphatic carbocycles. The van der Waals surface area contributed by atoms with Crippen LogP contribution in [0.2, 0.25) is 0 Å². The molecule has 1 aliphatic rings. The Morgan fingerprint density at radius 1 is 0.917 bits per heavy atom. The molecular formula is C20H17N3O. The maximum absolute atomic E-state index is 12.0. The molecule has 24 heavy (non-hydrogen) atoms. The Hall–Kier alpha value is -3.14. The summed E-state index contributed by atoms with van der Waals surface area (Å²) >= 11 is 0. The lowest BCUT2D eigenvalue weighted by molar-refractivity contribution is 0.463. The Kier molecular flexibility index (Phi) is 3.50. The number of aromatic nitrogens is 2. The minimum absolute atomic E-state index is 0.157. The predicted octanol–water partition coefficient (Wildman–Crippen LogP) is 3.03. The van der Waals surface area contributed by atoms with Crippen molar-refractivity contribution in [2.24, 2.45) is 0 Å². The lowest BCUT2D eigenvalue weighted by Gasteiger charge is -2.33. The second-order valence-electron chi connectivity index (χ2n) is 5.92. The molecule has 1 aliphatic heterocycles. The van der Waals surface area contributed by atoms with Gasteiger partial charge >= 0.3 is 0 Å². The SMILES string of the molecule is O=c1[nH]nc(CC2(c3ccccc3)C=CC=CN2)c2ccccc12. The molecule has 2 N–H and O–H groups in total. The fourth-order valence-electron chi connectivity index (χ4n) is 3.22. The van der Waals surface area contributed by atoms with E-state index in [4.69, 9.17) is 0 Å². The van der Waals surface area contributed by atoms with Crippen molar-refractivity contribution in [3.05, 3.63) is 101 Å². The summed E-state index contributed by atoms with van der Waals surface area (Å²) in [6.07, 6.45) is 8.73. The van der Waals surface area contributed by atoms with Crippen molar-refractivity contribution in [3.8, 4) is 0 Å². The first kappa shape index (κ1) is 14.5. The fraction of sp³-hybridized carbons (Fsp3) is 0.100. The van der Waals surface area contributed by atoms with E-state index in [9.17, 15) is 4.79 Å². The minimum atomic E-state index is -0.385. The molecule has 1 unspecified atom stereocenters. The molecule has 0 saturated carbocycles. The molecule has 0 spiro atoms. The molecule has 4 nitrogen and oxygen atoms in total. The average molecular weight is 315 g/mol. The number of dihydropyridines is 1. The van der Waals surface area contributed by atoms with Crippen LogP contribution in [0, 0.1) is 0 Å². The van der Waals surface area contributed by atoms with Gasteiger partial charge in [0.15, 0.2) is 0 Å². The Morgan fingerprint density at radius 2 is 1.67 bits per heavy atom. The highest BCUT2D eigenvalue weighted by Gasteiger charge is 2.30. The van der Waals surface area contributed by atoms with E-state index in [0.717, 1.165) is 16.6 Å². The van der Waals surface area contributed by atoms with Crippen LogP contribution in [0.15, 0.2) is 83.8 Å². The topological polar surface area (TPSA) is 57.8 Å². The summed E-state index contributed by atoms with van der Waals surface area (Å²) in [5, 5.41) is 12.0. The van der Waals surface area contributed by atoms with E-state index in [2.05, 4.69) is 33.7 Å². The zero-order valence-electron chi connectivity index (χ0n) is 13.1. The third kappa shape index (κ3) is 2.42. The quantitative estimate of drug-likeness (QED) is 0.781. The summed E-state index contributed by atoms with van der Waals surface area (Å²) in [5.74, 6) is 0. The number of hydrogen-bond donors (Lipinski definition) is 2. The number of H-pyrrole nitrogens is 1. The third-order valence-corrected chi connectivity index (χ3v) is 4.44. The summed E-state index contributed by atoms with van der Waals surface area (Å²) in [4.78, 5) is 12.0. The number of allylic oxidation sites excluding steroid dienone is 2. The molecule has 1 atom stereocenters. The number of rotatable bonds is 3. The van der Waals surface area contributed by atoms with Gasteiger partial charge < -0.3 is 5.32 Å². The Labute approximate surface area is 139 Å². The molecule has 0 bridgehead atoms. The molecular weight excluding hydrogens is 298 g/mol. The number of aromatic amines is 1. The predicted molar refractivity (Wildman–Crippen MR) is 95.6 cm³/mol. The average Bonchev–Trinajstić information content (AvgIpc) is 2.66. The molecule has 4 heteroatoms. The van der Waals surface area contributed by atoms with Crippen molar-refractivity contribution in [2.75, 3.05) is 0 Å². The Balaban J connectivity index is 1.86. The molecule has 0 amide bonds. The minimum Gasteiger partial charge on any atom is -0.378 e. The van der Waals surface area contributed by atoms with Gasteiger partial charge in [0.05, 0.1) is 16.6 Å². The van der Waals surface area contributed by atoms with Crippen LogP contribution < -0.4 is 10.9 Å². The largest absolute Gasteiger partial charge is 0.378 e. The zero-order chi connectivity index (χ0) is 16.4. The van der Waals surface area contributed by atoms with E-state index in [-0.39, 0.29) is 11.1 Å². The first-order chi connectivity index (χ1) is 11.8. The molecule has 1 aromatic heterocycles. The van der Waals surface area contributed by atoms with Crippen molar-refractivity contribution in [3.63, 3.8) is 0 Å². The highest BCUT2D eigenvalue weighted by molar-refractivity contribution is 5.83. The van der Waals surface area contributed by atoms with Crippen molar-refractivity contribution in [1.29, 1.82) is 0 Å². The third-order valence-electron chi connectivity index (χ3n) is 4.44. The van der Waals surface area contributed by atoms with Crippen molar-refractivity contribution >= 4 is 10.8 Å². The first-order valence-electron chi connectivity index (χ1n) is 7.92. The van der Waals surface area contributed by atoms with Gasteiger partial charge in [0.1, 0.15) is 0 Å². The van der Waals surface area contributed by atoms with Gasteiger partial charge in [0.2, 0.25) is 0 Å². The zero-order valence-corrected chi connectivity index (χ0v) is 13.1. The van der Waals surface area contributed by atoms with Crippen LogP contribution in [-0.4, -0.2) is 10.2 Å². The van der Waals surface area contributed by atoms with E-state index in [1.54, 1.807) is 0 Å². The van der Waals surface area contributed by atoms with Crippen molar-refractivity contribution in [1.82, 2.24) is 15.5 Å². The van der Waals surface area contributed by atoms with Gasteiger partial charge in [-0.25, -0.2) is 5.10 Å². The maximum Gasteiger partial charge on any atom is 0.272 e. The monoisotopic (exact) mass is 315 g/mol. The first-order valence-corrected chi connectivity index (χ1v) is 7.92. The van der Waals surface area contributed by atoms with Gasteiger partial charge in [0.25, 0.3) is 5.56 Å². The standard InChI is InChI=1S/C20H17N3O/c24-19-17-11-5-4-10-16(17)18(22-23-19)14-20(12-6-7-13-21-20)15-8-2-1-3-9-15/h1-13,21H,14H2,(H,23,24). The molecule has 4 rings (SSSR count). The van der Waals surface area contributed by atoms with E-state index in [0.29, 0.717) is 11.8 Å². The van der Waals surface area contributed by atoms with Crippen LogP contribution in [0.1, 0.15) is 11.3 Å². The summed E-state index contributed by atoms with van der Waals surface area (Å²) in [6.45, 7) is 0. The van der Waals surface area contributed by atoms with Crippen LogP contribution >= 0.6 is 0 Å². The van der Waals surface area contributed by atoms with E-state index >= 15 is 0 Å². The smallest absolute Gasteiger partial charge is 0.272 e.